The van der Waals surface area contributed by atoms with Crippen LogP contribution >= 0.6 is 11.3 Å². The molecule has 2 aliphatic rings. The summed E-state index contributed by atoms with van der Waals surface area (Å²) in [5.41, 5.74) is 0.863. The summed E-state index contributed by atoms with van der Waals surface area (Å²) in [6.45, 7) is 5.56. The average Bonchev–Trinajstić information content (AvgIpc) is 3.10. The zero-order valence-corrected chi connectivity index (χ0v) is 15.1. The molecule has 132 valence electrons. The Kier molecular flexibility index (Phi) is 4.63. The molecule has 3 heterocycles. The summed E-state index contributed by atoms with van der Waals surface area (Å²) in [6, 6.07) is 9.86. The standard InChI is InChI=1S/C19H22N2O3S/c1-13(14-10-20-11-14)19(22)21(12-16-3-2-8-25-16)15-4-5-17-18(9-15)24-7-6-23-17/h2-5,8-9,13-14,20H,6-7,10-12H2,1H3. The Labute approximate surface area is 151 Å². The van der Waals surface area contributed by atoms with Gasteiger partial charge in [-0.15, -0.1) is 11.3 Å². The molecule has 0 bridgehead atoms. The van der Waals surface area contributed by atoms with Crippen LogP contribution in [0.1, 0.15) is 11.8 Å². The van der Waals surface area contributed by atoms with E-state index in [1.807, 2.05) is 41.5 Å². The van der Waals surface area contributed by atoms with Gasteiger partial charge in [-0.25, -0.2) is 0 Å². The first-order valence-electron chi connectivity index (χ1n) is 8.66. The monoisotopic (exact) mass is 358 g/mol. The van der Waals surface area contributed by atoms with E-state index in [0.29, 0.717) is 31.4 Å². The lowest BCUT2D eigenvalue weighted by atomic mass is 9.87. The largest absolute Gasteiger partial charge is 0.486 e. The molecule has 0 saturated carbocycles. The van der Waals surface area contributed by atoms with E-state index in [1.165, 1.54) is 4.88 Å². The molecule has 1 aromatic carbocycles. The van der Waals surface area contributed by atoms with Crippen LogP contribution in [0, 0.1) is 11.8 Å². The maximum Gasteiger partial charge on any atom is 0.230 e. The molecule has 1 atom stereocenters. The van der Waals surface area contributed by atoms with E-state index in [2.05, 4.69) is 11.4 Å². The zero-order valence-electron chi connectivity index (χ0n) is 14.2. The topological polar surface area (TPSA) is 50.8 Å². The van der Waals surface area contributed by atoms with Gasteiger partial charge in [-0.3, -0.25) is 4.79 Å². The van der Waals surface area contributed by atoms with E-state index >= 15 is 0 Å². The highest BCUT2D eigenvalue weighted by Crippen LogP contribution is 2.35. The number of amides is 1. The van der Waals surface area contributed by atoms with Crippen LogP contribution in [0.4, 0.5) is 5.69 Å². The fourth-order valence-electron chi connectivity index (χ4n) is 3.17. The summed E-state index contributed by atoms with van der Waals surface area (Å²) in [5.74, 6) is 2.03. The highest BCUT2D eigenvalue weighted by Gasteiger charge is 2.32. The Balaban J connectivity index is 1.63. The van der Waals surface area contributed by atoms with Crippen LogP contribution in [0.5, 0.6) is 11.5 Å². The molecule has 1 fully saturated rings. The highest BCUT2D eigenvalue weighted by atomic mass is 32.1. The molecular formula is C19H22N2O3S. The number of nitrogens with zero attached hydrogens (tertiary/aromatic N) is 1. The number of benzene rings is 1. The third-order valence-corrected chi connectivity index (χ3v) is 5.77. The number of rotatable bonds is 5. The minimum absolute atomic E-state index is 0.00517. The Morgan fingerprint density at radius 2 is 2.08 bits per heavy atom. The molecule has 0 aliphatic carbocycles. The summed E-state index contributed by atoms with van der Waals surface area (Å²) < 4.78 is 11.3. The molecule has 1 aromatic heterocycles. The molecule has 2 aliphatic heterocycles. The lowest BCUT2D eigenvalue weighted by molar-refractivity contribution is -0.124. The molecule has 1 N–H and O–H groups in total. The molecule has 1 saturated heterocycles. The SMILES string of the molecule is CC(C(=O)N(Cc1cccs1)c1ccc2c(c1)OCCO2)C1CNC1. The van der Waals surface area contributed by atoms with Crippen molar-refractivity contribution in [2.24, 2.45) is 11.8 Å². The molecule has 1 unspecified atom stereocenters. The predicted molar refractivity (Wildman–Crippen MR) is 98.5 cm³/mol. The summed E-state index contributed by atoms with van der Waals surface area (Å²) in [5, 5.41) is 5.30. The number of carbonyl (C=O) groups is 1. The van der Waals surface area contributed by atoms with Crippen LogP contribution in [0.25, 0.3) is 0 Å². The Morgan fingerprint density at radius 1 is 1.28 bits per heavy atom. The minimum Gasteiger partial charge on any atom is -0.486 e. The smallest absolute Gasteiger partial charge is 0.230 e. The van der Waals surface area contributed by atoms with Gasteiger partial charge in [-0.05, 0) is 42.6 Å². The van der Waals surface area contributed by atoms with Crippen molar-refractivity contribution in [3.8, 4) is 11.5 Å². The number of fused-ring (bicyclic) bond motifs is 1. The molecule has 5 nitrogen and oxygen atoms in total. The van der Waals surface area contributed by atoms with E-state index in [1.54, 1.807) is 11.3 Å². The number of ether oxygens (including phenoxy) is 2. The van der Waals surface area contributed by atoms with E-state index < -0.39 is 0 Å². The Morgan fingerprint density at radius 3 is 2.76 bits per heavy atom. The molecule has 0 spiro atoms. The third kappa shape index (κ3) is 3.37. The second kappa shape index (κ2) is 7.06. The van der Waals surface area contributed by atoms with Crippen LogP contribution in [0.3, 0.4) is 0 Å². The van der Waals surface area contributed by atoms with Gasteiger partial charge < -0.3 is 19.7 Å². The fourth-order valence-corrected chi connectivity index (χ4v) is 3.86. The first-order valence-corrected chi connectivity index (χ1v) is 9.54. The zero-order chi connectivity index (χ0) is 17.2. The molecule has 4 rings (SSSR count). The van der Waals surface area contributed by atoms with Gasteiger partial charge in [0.05, 0.1) is 6.54 Å². The van der Waals surface area contributed by atoms with Crippen LogP contribution in [0.15, 0.2) is 35.7 Å². The van der Waals surface area contributed by atoms with Crippen LogP contribution in [-0.4, -0.2) is 32.2 Å². The molecule has 2 aromatic rings. The van der Waals surface area contributed by atoms with E-state index in [-0.39, 0.29) is 11.8 Å². The van der Waals surface area contributed by atoms with Crippen molar-refractivity contribution < 1.29 is 14.3 Å². The van der Waals surface area contributed by atoms with Crippen LogP contribution < -0.4 is 19.7 Å². The number of hydrogen-bond acceptors (Lipinski definition) is 5. The number of hydrogen-bond donors (Lipinski definition) is 1. The van der Waals surface area contributed by atoms with Gasteiger partial charge in [0.1, 0.15) is 13.2 Å². The van der Waals surface area contributed by atoms with Crippen molar-refractivity contribution in [2.45, 2.75) is 13.5 Å². The van der Waals surface area contributed by atoms with Crippen LogP contribution in [0.2, 0.25) is 0 Å². The first kappa shape index (κ1) is 16.4. The van der Waals surface area contributed by atoms with Gasteiger partial charge in [0.25, 0.3) is 0 Å². The second-order valence-corrected chi connectivity index (χ2v) is 7.57. The molecule has 1 amide bonds. The van der Waals surface area contributed by atoms with Crippen molar-refractivity contribution in [2.75, 3.05) is 31.2 Å². The van der Waals surface area contributed by atoms with Gasteiger partial charge in [-0.2, -0.15) is 0 Å². The van der Waals surface area contributed by atoms with E-state index in [9.17, 15) is 4.79 Å². The maximum atomic E-state index is 13.2. The quantitative estimate of drug-likeness (QED) is 0.893. The molecule has 25 heavy (non-hydrogen) atoms. The number of nitrogens with one attached hydrogen (secondary N) is 1. The highest BCUT2D eigenvalue weighted by molar-refractivity contribution is 7.09. The number of anilines is 1. The van der Waals surface area contributed by atoms with Gasteiger partial charge in [-0.1, -0.05) is 13.0 Å². The van der Waals surface area contributed by atoms with Crippen molar-refractivity contribution in [3.05, 3.63) is 40.6 Å². The fraction of sp³-hybridized carbons (Fsp3) is 0.421. The second-order valence-electron chi connectivity index (χ2n) is 6.54. The first-order chi connectivity index (χ1) is 12.2. The number of thiophene rings is 1. The van der Waals surface area contributed by atoms with Gasteiger partial charge in [0.15, 0.2) is 11.5 Å². The molecule has 6 heteroatoms. The van der Waals surface area contributed by atoms with E-state index in [0.717, 1.165) is 24.5 Å². The molecule has 0 radical (unpaired) electrons. The van der Waals surface area contributed by atoms with Gasteiger partial charge >= 0.3 is 0 Å². The lowest BCUT2D eigenvalue weighted by Gasteiger charge is -2.35. The van der Waals surface area contributed by atoms with Crippen molar-refractivity contribution in [1.29, 1.82) is 0 Å². The van der Waals surface area contributed by atoms with Gasteiger partial charge in [0, 0.05) is 22.5 Å². The Bertz CT molecular complexity index is 743. The van der Waals surface area contributed by atoms with E-state index in [4.69, 9.17) is 9.47 Å². The molecular weight excluding hydrogens is 336 g/mol. The summed E-state index contributed by atoms with van der Waals surface area (Å²) >= 11 is 1.67. The number of carbonyl (C=O) groups excluding carboxylic acids is 1. The normalized spacial score (nSPS) is 17.6. The van der Waals surface area contributed by atoms with Crippen LogP contribution in [-0.2, 0) is 11.3 Å². The minimum atomic E-state index is -0.00517. The van der Waals surface area contributed by atoms with Crippen molar-refractivity contribution in [1.82, 2.24) is 5.32 Å². The third-order valence-electron chi connectivity index (χ3n) is 4.91. The van der Waals surface area contributed by atoms with Crippen molar-refractivity contribution in [3.63, 3.8) is 0 Å². The maximum absolute atomic E-state index is 13.2. The van der Waals surface area contributed by atoms with Crippen molar-refractivity contribution >= 4 is 22.9 Å². The summed E-state index contributed by atoms with van der Waals surface area (Å²) in [7, 11) is 0. The van der Waals surface area contributed by atoms with Gasteiger partial charge in [0.2, 0.25) is 5.91 Å². The summed E-state index contributed by atoms with van der Waals surface area (Å²) in [4.78, 5) is 16.3. The average molecular weight is 358 g/mol. The lowest BCUT2D eigenvalue weighted by Crippen LogP contribution is -2.50. The summed E-state index contributed by atoms with van der Waals surface area (Å²) in [6.07, 6.45) is 0. The Hall–Kier alpha value is -2.05. The predicted octanol–water partition coefficient (Wildman–Crippen LogP) is 2.91.